The summed E-state index contributed by atoms with van der Waals surface area (Å²) in [4.78, 5) is 25.4. The molecule has 1 aromatic carbocycles. The van der Waals surface area contributed by atoms with Crippen molar-refractivity contribution in [1.82, 2.24) is 30.0 Å². The molecule has 4 rings (SSSR count). The highest BCUT2D eigenvalue weighted by atomic mass is 19.1. The number of carbonyl (C=O) groups excluding carboxylic acids is 1. The molecule has 0 saturated carbocycles. The summed E-state index contributed by atoms with van der Waals surface area (Å²) in [5, 5.41) is 6.81. The van der Waals surface area contributed by atoms with E-state index in [4.69, 9.17) is 4.52 Å². The fourth-order valence-electron chi connectivity index (χ4n) is 2.92. The van der Waals surface area contributed by atoms with Crippen LogP contribution in [0.5, 0.6) is 0 Å². The number of nitrogens with one attached hydrogen (secondary N) is 1. The molecule has 9 heteroatoms. The molecule has 158 valence electrons. The summed E-state index contributed by atoms with van der Waals surface area (Å²) < 4.78 is 20.0. The monoisotopic (exact) mass is 420 g/mol. The molecule has 4 aromatic rings. The molecule has 0 bridgehead atoms. The lowest BCUT2D eigenvalue weighted by Gasteiger charge is -2.13. The van der Waals surface area contributed by atoms with Crippen LogP contribution in [0.2, 0.25) is 0 Å². The van der Waals surface area contributed by atoms with Crippen LogP contribution in [-0.2, 0) is 0 Å². The van der Waals surface area contributed by atoms with Gasteiger partial charge in [-0.05, 0) is 36.8 Å². The maximum absolute atomic E-state index is 13.1. The van der Waals surface area contributed by atoms with E-state index in [9.17, 15) is 9.18 Å². The number of hydrogen-bond donors (Lipinski definition) is 1. The van der Waals surface area contributed by atoms with Gasteiger partial charge in [0.05, 0.1) is 11.6 Å². The van der Waals surface area contributed by atoms with E-state index in [1.807, 2.05) is 26.8 Å². The van der Waals surface area contributed by atoms with Gasteiger partial charge in [-0.2, -0.15) is 4.98 Å². The van der Waals surface area contributed by atoms with Crippen LogP contribution in [0, 0.1) is 5.82 Å². The number of benzene rings is 1. The lowest BCUT2D eigenvalue weighted by atomic mass is 10.1. The van der Waals surface area contributed by atoms with Gasteiger partial charge in [0.15, 0.2) is 5.82 Å². The standard InChI is InChI=1S/C22H21FN6O2/c1-13(2)20-27-22(31-28-20)16-6-9-19(24-10-16)29-11-18(25-12-29)21(30)26-14(3)15-4-7-17(23)8-5-15/h4-14H,1-3H3,(H,26,30). The number of hydrogen-bond acceptors (Lipinski definition) is 6. The van der Waals surface area contributed by atoms with E-state index in [1.165, 1.54) is 18.5 Å². The molecule has 0 aliphatic heterocycles. The minimum atomic E-state index is -0.334. The fourth-order valence-corrected chi connectivity index (χ4v) is 2.92. The zero-order valence-electron chi connectivity index (χ0n) is 17.3. The number of imidazole rings is 1. The summed E-state index contributed by atoms with van der Waals surface area (Å²) in [5.41, 5.74) is 1.75. The minimum Gasteiger partial charge on any atom is -0.344 e. The largest absolute Gasteiger partial charge is 0.344 e. The molecule has 0 aliphatic carbocycles. The van der Waals surface area contributed by atoms with Crippen LogP contribution in [0.15, 0.2) is 59.6 Å². The van der Waals surface area contributed by atoms with Gasteiger partial charge in [-0.1, -0.05) is 31.1 Å². The molecular formula is C22H21FN6O2. The Hall–Kier alpha value is -3.88. The van der Waals surface area contributed by atoms with E-state index in [1.54, 1.807) is 35.2 Å². The first-order valence-electron chi connectivity index (χ1n) is 9.81. The predicted octanol–water partition coefficient (Wildman–Crippen LogP) is 4.07. The molecule has 3 heterocycles. The van der Waals surface area contributed by atoms with Crippen LogP contribution in [0.3, 0.4) is 0 Å². The van der Waals surface area contributed by atoms with E-state index < -0.39 is 0 Å². The third-order valence-corrected chi connectivity index (χ3v) is 4.75. The van der Waals surface area contributed by atoms with Crippen molar-refractivity contribution in [2.75, 3.05) is 0 Å². The highest BCUT2D eigenvalue weighted by molar-refractivity contribution is 5.92. The number of aromatic nitrogens is 5. The van der Waals surface area contributed by atoms with Crippen LogP contribution in [0.4, 0.5) is 4.39 Å². The van der Waals surface area contributed by atoms with Crippen molar-refractivity contribution < 1.29 is 13.7 Å². The van der Waals surface area contributed by atoms with Crippen molar-refractivity contribution in [3.05, 3.63) is 78.0 Å². The average Bonchev–Trinajstić information content (AvgIpc) is 3.45. The quantitative estimate of drug-likeness (QED) is 0.505. The van der Waals surface area contributed by atoms with Crippen molar-refractivity contribution in [3.8, 4) is 17.3 Å². The van der Waals surface area contributed by atoms with Crippen LogP contribution in [0.25, 0.3) is 17.3 Å². The Kier molecular flexibility index (Phi) is 5.57. The molecule has 0 spiro atoms. The predicted molar refractivity (Wildman–Crippen MR) is 111 cm³/mol. The molecule has 1 unspecified atom stereocenters. The number of nitrogens with zero attached hydrogens (tertiary/aromatic N) is 5. The molecule has 31 heavy (non-hydrogen) atoms. The van der Waals surface area contributed by atoms with Crippen molar-refractivity contribution in [1.29, 1.82) is 0 Å². The Morgan fingerprint density at radius 3 is 2.52 bits per heavy atom. The number of pyridine rings is 1. The van der Waals surface area contributed by atoms with Gasteiger partial charge in [-0.25, -0.2) is 14.4 Å². The van der Waals surface area contributed by atoms with Gasteiger partial charge in [0.25, 0.3) is 11.8 Å². The number of rotatable bonds is 6. The van der Waals surface area contributed by atoms with Crippen molar-refractivity contribution >= 4 is 5.91 Å². The first-order valence-corrected chi connectivity index (χ1v) is 9.81. The van der Waals surface area contributed by atoms with Gasteiger partial charge in [0.2, 0.25) is 0 Å². The van der Waals surface area contributed by atoms with Gasteiger partial charge in [0, 0.05) is 18.3 Å². The summed E-state index contributed by atoms with van der Waals surface area (Å²) in [6.07, 6.45) is 4.74. The van der Waals surface area contributed by atoms with Crippen LogP contribution >= 0.6 is 0 Å². The van der Waals surface area contributed by atoms with Crippen molar-refractivity contribution in [3.63, 3.8) is 0 Å². The summed E-state index contributed by atoms with van der Waals surface area (Å²) in [7, 11) is 0. The molecule has 0 radical (unpaired) electrons. The summed E-state index contributed by atoms with van der Waals surface area (Å²) in [6, 6.07) is 9.30. The number of amides is 1. The van der Waals surface area contributed by atoms with Crippen LogP contribution in [-0.4, -0.2) is 30.6 Å². The molecule has 0 aliphatic rings. The second-order valence-electron chi connectivity index (χ2n) is 7.43. The molecule has 0 fully saturated rings. The third kappa shape index (κ3) is 4.50. The Balaban J connectivity index is 1.45. The third-order valence-electron chi connectivity index (χ3n) is 4.75. The topological polar surface area (TPSA) is 98.7 Å². The van der Waals surface area contributed by atoms with E-state index in [2.05, 4.69) is 25.4 Å². The molecule has 1 atom stereocenters. The maximum atomic E-state index is 13.1. The van der Waals surface area contributed by atoms with E-state index >= 15 is 0 Å². The fraction of sp³-hybridized carbons (Fsp3) is 0.227. The van der Waals surface area contributed by atoms with Crippen LogP contribution in [0.1, 0.15) is 54.6 Å². The van der Waals surface area contributed by atoms with Gasteiger partial charge in [0.1, 0.15) is 23.7 Å². The smallest absolute Gasteiger partial charge is 0.271 e. The Morgan fingerprint density at radius 1 is 1.10 bits per heavy atom. The highest BCUT2D eigenvalue weighted by Gasteiger charge is 2.15. The average molecular weight is 420 g/mol. The second kappa shape index (κ2) is 8.47. The van der Waals surface area contributed by atoms with Gasteiger partial charge < -0.3 is 9.84 Å². The minimum absolute atomic E-state index is 0.172. The lowest BCUT2D eigenvalue weighted by Crippen LogP contribution is -2.26. The number of halogens is 1. The van der Waals surface area contributed by atoms with Gasteiger partial charge in [-0.15, -0.1) is 0 Å². The second-order valence-corrected chi connectivity index (χ2v) is 7.43. The SMILES string of the molecule is CC(C)c1noc(-c2ccc(-n3cnc(C(=O)NC(C)c4ccc(F)cc4)c3)nc2)n1. The van der Waals surface area contributed by atoms with Crippen molar-refractivity contribution in [2.45, 2.75) is 32.7 Å². The summed E-state index contributed by atoms with van der Waals surface area (Å²) in [5.74, 6) is 1.15. The molecule has 3 aromatic heterocycles. The first-order chi connectivity index (χ1) is 14.9. The Labute approximate surface area is 178 Å². The zero-order valence-corrected chi connectivity index (χ0v) is 17.3. The first kappa shape index (κ1) is 20.4. The molecule has 1 amide bonds. The molecule has 8 nitrogen and oxygen atoms in total. The van der Waals surface area contributed by atoms with E-state index in [-0.39, 0.29) is 29.4 Å². The van der Waals surface area contributed by atoms with Crippen molar-refractivity contribution in [2.24, 2.45) is 0 Å². The van der Waals surface area contributed by atoms with E-state index in [0.29, 0.717) is 23.1 Å². The Bertz CT molecular complexity index is 1180. The number of carbonyl (C=O) groups is 1. The zero-order chi connectivity index (χ0) is 22.0. The van der Waals surface area contributed by atoms with Gasteiger partial charge >= 0.3 is 0 Å². The molecular weight excluding hydrogens is 399 g/mol. The van der Waals surface area contributed by atoms with E-state index in [0.717, 1.165) is 5.56 Å². The molecule has 1 N–H and O–H groups in total. The highest BCUT2D eigenvalue weighted by Crippen LogP contribution is 2.20. The van der Waals surface area contributed by atoms with Crippen LogP contribution < -0.4 is 5.32 Å². The maximum Gasteiger partial charge on any atom is 0.271 e. The summed E-state index contributed by atoms with van der Waals surface area (Å²) in [6.45, 7) is 5.80. The van der Waals surface area contributed by atoms with Gasteiger partial charge in [-0.3, -0.25) is 9.36 Å². The lowest BCUT2D eigenvalue weighted by molar-refractivity contribution is 0.0935. The summed E-state index contributed by atoms with van der Waals surface area (Å²) >= 11 is 0. The normalized spacial score (nSPS) is 12.2. The molecule has 0 saturated heterocycles. The Morgan fingerprint density at radius 2 is 1.87 bits per heavy atom.